The van der Waals surface area contributed by atoms with Crippen LogP contribution in [-0.2, 0) is 5.41 Å². The van der Waals surface area contributed by atoms with Crippen LogP contribution in [0.25, 0.3) is 0 Å². The standard InChI is InChI=1S/C40H48N2O2/c1-2-3-6-29-11-13-30(14-12-29)31-23-25-40(26-24-31,32-15-19-36(20-16-32)43-38-9-4-7-34(41)27-38)33-17-21-37(22-18-33)44-39-10-5-8-35(42)28-39/h4-5,7-10,15-22,27-31H,2-3,6,11-14,23-26,41-42H2,1H3. The summed E-state index contributed by atoms with van der Waals surface area (Å²) in [6.45, 7) is 2.32. The van der Waals surface area contributed by atoms with Gasteiger partial charge in [-0.1, -0.05) is 75.4 Å². The van der Waals surface area contributed by atoms with Crippen molar-refractivity contribution in [3.63, 3.8) is 0 Å². The van der Waals surface area contributed by atoms with Gasteiger partial charge in [-0.05, 0) is 116 Å². The van der Waals surface area contributed by atoms with Gasteiger partial charge in [0.05, 0.1) is 0 Å². The summed E-state index contributed by atoms with van der Waals surface area (Å²) in [5, 5.41) is 0. The monoisotopic (exact) mass is 588 g/mol. The van der Waals surface area contributed by atoms with Crippen molar-refractivity contribution < 1.29 is 9.47 Å². The molecule has 4 N–H and O–H groups in total. The van der Waals surface area contributed by atoms with Crippen molar-refractivity contribution in [3.05, 3.63) is 108 Å². The number of benzene rings is 4. The average Bonchev–Trinajstić information content (AvgIpc) is 3.05. The molecule has 6 rings (SSSR count). The third-order valence-corrected chi connectivity index (χ3v) is 10.4. The third kappa shape index (κ3) is 7.07. The molecule has 4 nitrogen and oxygen atoms in total. The van der Waals surface area contributed by atoms with Crippen molar-refractivity contribution in [1.29, 1.82) is 0 Å². The minimum Gasteiger partial charge on any atom is -0.457 e. The molecular weight excluding hydrogens is 540 g/mol. The number of ether oxygens (including phenoxy) is 2. The smallest absolute Gasteiger partial charge is 0.129 e. The summed E-state index contributed by atoms with van der Waals surface area (Å²) in [6.07, 6.45) is 14.8. The van der Waals surface area contributed by atoms with Crippen LogP contribution in [0.5, 0.6) is 23.0 Å². The molecule has 44 heavy (non-hydrogen) atoms. The second-order valence-corrected chi connectivity index (χ2v) is 13.2. The maximum Gasteiger partial charge on any atom is 0.129 e. The zero-order chi connectivity index (χ0) is 30.4. The second kappa shape index (κ2) is 13.8. The summed E-state index contributed by atoms with van der Waals surface area (Å²) in [7, 11) is 0. The normalized spacial score (nSPS) is 20.2. The van der Waals surface area contributed by atoms with E-state index in [2.05, 4.69) is 55.5 Å². The van der Waals surface area contributed by atoms with Crippen molar-refractivity contribution in [1.82, 2.24) is 0 Å². The Balaban J connectivity index is 1.21. The number of nitrogen functional groups attached to an aromatic ring is 2. The highest BCUT2D eigenvalue weighted by atomic mass is 16.5. The first-order valence-corrected chi connectivity index (χ1v) is 16.8. The van der Waals surface area contributed by atoms with Gasteiger partial charge in [-0.3, -0.25) is 0 Å². The zero-order valence-electron chi connectivity index (χ0n) is 26.2. The van der Waals surface area contributed by atoms with E-state index in [0.29, 0.717) is 11.4 Å². The molecule has 0 saturated heterocycles. The van der Waals surface area contributed by atoms with Crippen LogP contribution in [-0.4, -0.2) is 0 Å². The van der Waals surface area contributed by atoms with Gasteiger partial charge in [-0.15, -0.1) is 0 Å². The van der Waals surface area contributed by atoms with E-state index in [1.54, 1.807) is 0 Å². The molecule has 4 heteroatoms. The van der Waals surface area contributed by atoms with Crippen LogP contribution >= 0.6 is 0 Å². The van der Waals surface area contributed by atoms with E-state index in [9.17, 15) is 0 Å². The molecule has 0 unspecified atom stereocenters. The number of hydrogen-bond acceptors (Lipinski definition) is 4. The lowest BCUT2D eigenvalue weighted by molar-refractivity contribution is 0.140. The van der Waals surface area contributed by atoms with E-state index in [1.807, 2.05) is 48.5 Å². The quantitative estimate of drug-likeness (QED) is 0.181. The topological polar surface area (TPSA) is 70.5 Å². The summed E-state index contributed by atoms with van der Waals surface area (Å²) in [5.41, 5.74) is 16.0. The zero-order valence-corrected chi connectivity index (χ0v) is 26.2. The van der Waals surface area contributed by atoms with Gasteiger partial charge in [0.15, 0.2) is 0 Å². The van der Waals surface area contributed by atoms with Crippen LogP contribution in [0.15, 0.2) is 97.1 Å². The first-order valence-electron chi connectivity index (χ1n) is 16.8. The van der Waals surface area contributed by atoms with Crippen molar-refractivity contribution in [2.75, 3.05) is 11.5 Å². The number of nitrogens with two attached hydrogens (primary N) is 2. The van der Waals surface area contributed by atoms with Crippen LogP contribution in [0, 0.1) is 17.8 Å². The van der Waals surface area contributed by atoms with Gasteiger partial charge in [-0.25, -0.2) is 0 Å². The third-order valence-electron chi connectivity index (χ3n) is 10.4. The molecule has 2 aliphatic rings. The molecule has 2 fully saturated rings. The first-order chi connectivity index (χ1) is 21.5. The molecule has 0 amide bonds. The SMILES string of the molecule is CCCCC1CCC(C2CCC(c3ccc(Oc4cccc(N)c4)cc3)(c3ccc(Oc4cccc(N)c4)cc3)CC2)CC1. The lowest BCUT2D eigenvalue weighted by Crippen LogP contribution is -2.35. The molecule has 0 radical (unpaired) electrons. The van der Waals surface area contributed by atoms with Crippen LogP contribution in [0.1, 0.15) is 88.7 Å². The van der Waals surface area contributed by atoms with E-state index in [4.69, 9.17) is 20.9 Å². The Morgan fingerprint density at radius 3 is 1.52 bits per heavy atom. The predicted octanol–water partition coefficient (Wildman–Crippen LogP) is 10.9. The fourth-order valence-electron chi connectivity index (χ4n) is 7.90. The molecule has 230 valence electrons. The maximum absolute atomic E-state index is 6.14. The molecule has 0 bridgehead atoms. The number of unbranched alkanes of at least 4 members (excludes halogenated alkanes) is 1. The van der Waals surface area contributed by atoms with Crippen molar-refractivity contribution in [2.45, 2.75) is 83.0 Å². The van der Waals surface area contributed by atoms with Crippen molar-refractivity contribution in [2.24, 2.45) is 17.8 Å². The molecule has 0 aliphatic heterocycles. The Kier molecular flexibility index (Phi) is 9.45. The molecule has 0 aromatic heterocycles. The van der Waals surface area contributed by atoms with Gasteiger partial charge < -0.3 is 20.9 Å². The lowest BCUT2D eigenvalue weighted by atomic mass is 9.60. The van der Waals surface area contributed by atoms with E-state index in [0.717, 1.165) is 53.6 Å². The van der Waals surface area contributed by atoms with E-state index in [-0.39, 0.29) is 5.41 Å². The van der Waals surface area contributed by atoms with Gasteiger partial charge >= 0.3 is 0 Å². The Bertz CT molecular complexity index is 1390. The number of anilines is 2. The Morgan fingerprint density at radius 1 is 0.591 bits per heavy atom. The molecule has 0 heterocycles. The van der Waals surface area contributed by atoms with Gasteiger partial charge in [0.1, 0.15) is 23.0 Å². The summed E-state index contributed by atoms with van der Waals surface area (Å²) in [6, 6.07) is 32.8. The molecular formula is C40H48N2O2. The highest BCUT2D eigenvalue weighted by molar-refractivity contribution is 5.48. The van der Waals surface area contributed by atoms with Crippen LogP contribution in [0.4, 0.5) is 11.4 Å². The maximum atomic E-state index is 6.14. The molecule has 2 saturated carbocycles. The van der Waals surface area contributed by atoms with Crippen LogP contribution < -0.4 is 20.9 Å². The molecule has 4 aromatic rings. The van der Waals surface area contributed by atoms with E-state index in [1.165, 1.54) is 68.9 Å². The molecule has 0 atom stereocenters. The average molecular weight is 589 g/mol. The van der Waals surface area contributed by atoms with E-state index < -0.39 is 0 Å². The Hall–Kier alpha value is -3.92. The number of hydrogen-bond donors (Lipinski definition) is 2. The second-order valence-electron chi connectivity index (χ2n) is 13.2. The largest absolute Gasteiger partial charge is 0.457 e. The molecule has 0 spiro atoms. The minimum atomic E-state index is -0.0275. The van der Waals surface area contributed by atoms with Gasteiger partial charge in [-0.2, -0.15) is 0 Å². The summed E-state index contributed by atoms with van der Waals surface area (Å²) >= 11 is 0. The predicted molar refractivity (Wildman–Crippen MR) is 182 cm³/mol. The van der Waals surface area contributed by atoms with Crippen LogP contribution in [0.3, 0.4) is 0 Å². The fourth-order valence-corrected chi connectivity index (χ4v) is 7.90. The summed E-state index contributed by atoms with van der Waals surface area (Å²) < 4.78 is 12.3. The first kappa shape index (κ1) is 30.1. The van der Waals surface area contributed by atoms with Crippen molar-refractivity contribution >= 4 is 11.4 Å². The Labute approximate surface area is 263 Å². The Morgan fingerprint density at radius 2 is 1.07 bits per heavy atom. The molecule has 4 aromatic carbocycles. The highest BCUT2D eigenvalue weighted by Gasteiger charge is 2.41. The van der Waals surface area contributed by atoms with Crippen molar-refractivity contribution in [3.8, 4) is 23.0 Å². The highest BCUT2D eigenvalue weighted by Crippen LogP contribution is 2.51. The van der Waals surface area contributed by atoms with Gasteiger partial charge in [0.2, 0.25) is 0 Å². The number of rotatable bonds is 10. The lowest BCUT2D eigenvalue weighted by Gasteiger charge is -2.44. The fraction of sp³-hybridized carbons (Fsp3) is 0.400. The van der Waals surface area contributed by atoms with Gasteiger partial charge in [0, 0.05) is 28.9 Å². The minimum absolute atomic E-state index is 0.0275. The van der Waals surface area contributed by atoms with Crippen LogP contribution in [0.2, 0.25) is 0 Å². The van der Waals surface area contributed by atoms with E-state index >= 15 is 0 Å². The summed E-state index contributed by atoms with van der Waals surface area (Å²) in [5.74, 6) is 5.88. The van der Waals surface area contributed by atoms with Gasteiger partial charge in [0.25, 0.3) is 0 Å². The molecule has 2 aliphatic carbocycles. The summed E-state index contributed by atoms with van der Waals surface area (Å²) in [4.78, 5) is 0.